The lowest BCUT2D eigenvalue weighted by Gasteiger charge is -2.21. The van der Waals surface area contributed by atoms with E-state index in [1.54, 1.807) is 26.0 Å². The molecule has 1 aromatic rings. The number of carbonyl (C=O) groups excluding carboxylic acids is 1. The van der Waals surface area contributed by atoms with Gasteiger partial charge in [0, 0.05) is 45.8 Å². The Morgan fingerprint density at radius 1 is 1.28 bits per heavy atom. The van der Waals surface area contributed by atoms with E-state index >= 15 is 0 Å². The summed E-state index contributed by atoms with van der Waals surface area (Å²) in [5.74, 6) is 0.830. The van der Waals surface area contributed by atoms with Crippen LogP contribution >= 0.6 is 24.0 Å². The molecule has 1 aliphatic heterocycles. The third-order valence-corrected chi connectivity index (χ3v) is 4.47. The van der Waals surface area contributed by atoms with E-state index in [1.165, 1.54) is 19.4 Å². The molecule has 1 aliphatic rings. The van der Waals surface area contributed by atoms with Crippen LogP contribution in [0.15, 0.2) is 29.3 Å². The number of hydrogen-bond donors (Lipinski definition) is 2. The van der Waals surface area contributed by atoms with Crippen LogP contribution in [0.3, 0.4) is 0 Å². The van der Waals surface area contributed by atoms with Gasteiger partial charge in [0.25, 0.3) is 5.91 Å². The maximum atomic E-state index is 11.9. The van der Waals surface area contributed by atoms with Gasteiger partial charge in [-0.25, -0.2) is 0 Å². The van der Waals surface area contributed by atoms with Crippen molar-refractivity contribution < 1.29 is 4.79 Å². The summed E-state index contributed by atoms with van der Waals surface area (Å²) in [4.78, 5) is 20.1. The lowest BCUT2D eigenvalue weighted by molar-refractivity contribution is 0.0827. The third kappa shape index (κ3) is 6.47. The minimum absolute atomic E-state index is 0. The Hall–Kier alpha value is -1.35. The molecule has 0 spiro atoms. The maximum absolute atomic E-state index is 11.9. The molecule has 1 fully saturated rings. The zero-order valence-electron chi connectivity index (χ0n) is 15.6. The molecule has 25 heavy (non-hydrogen) atoms. The van der Waals surface area contributed by atoms with Gasteiger partial charge in [-0.1, -0.05) is 12.1 Å². The first-order valence-electron chi connectivity index (χ1n) is 8.46. The van der Waals surface area contributed by atoms with Gasteiger partial charge in [-0.15, -0.1) is 24.0 Å². The van der Waals surface area contributed by atoms with Crippen molar-refractivity contribution in [2.75, 3.05) is 41.3 Å². The van der Waals surface area contributed by atoms with Crippen molar-refractivity contribution in [2.45, 2.75) is 25.4 Å². The van der Waals surface area contributed by atoms with Crippen molar-refractivity contribution in [1.82, 2.24) is 20.4 Å². The monoisotopic (exact) mass is 459 g/mol. The Balaban J connectivity index is 0.00000312. The summed E-state index contributed by atoms with van der Waals surface area (Å²) in [7, 11) is 7.48. The molecule has 1 unspecified atom stereocenters. The van der Waals surface area contributed by atoms with Crippen LogP contribution in [-0.4, -0.2) is 69.0 Å². The number of likely N-dealkylation sites (tertiary alicyclic amines) is 1. The summed E-state index contributed by atoms with van der Waals surface area (Å²) in [5.41, 5.74) is 1.82. The average molecular weight is 459 g/mol. The second-order valence-corrected chi connectivity index (χ2v) is 6.48. The fourth-order valence-corrected chi connectivity index (χ4v) is 2.88. The van der Waals surface area contributed by atoms with Gasteiger partial charge in [0.2, 0.25) is 0 Å². The van der Waals surface area contributed by atoms with Crippen molar-refractivity contribution in [3.05, 3.63) is 35.4 Å². The number of nitrogens with zero attached hydrogens (tertiary/aromatic N) is 3. The number of likely N-dealkylation sites (N-methyl/N-ethyl adjacent to an activating group) is 1. The molecule has 1 aromatic carbocycles. The van der Waals surface area contributed by atoms with Crippen LogP contribution in [0, 0.1) is 0 Å². The smallest absolute Gasteiger partial charge is 0.253 e. The molecule has 7 heteroatoms. The van der Waals surface area contributed by atoms with Gasteiger partial charge in [-0.05, 0) is 44.1 Å². The van der Waals surface area contributed by atoms with Crippen LogP contribution in [0.25, 0.3) is 0 Å². The molecule has 1 atom stereocenters. The SMILES string of the molecule is CN=C(NCc1ccc(C(=O)N(C)C)cc1)NCC1CCCN1C.I. The number of hydrogen-bond acceptors (Lipinski definition) is 3. The number of nitrogens with one attached hydrogen (secondary N) is 2. The number of carbonyl (C=O) groups is 1. The van der Waals surface area contributed by atoms with E-state index in [0.717, 1.165) is 18.1 Å². The van der Waals surface area contributed by atoms with Crippen LogP contribution in [0.4, 0.5) is 0 Å². The molecule has 0 aliphatic carbocycles. The van der Waals surface area contributed by atoms with Gasteiger partial charge >= 0.3 is 0 Å². The van der Waals surface area contributed by atoms with Gasteiger partial charge in [-0.3, -0.25) is 9.79 Å². The Morgan fingerprint density at radius 3 is 2.48 bits per heavy atom. The van der Waals surface area contributed by atoms with E-state index < -0.39 is 0 Å². The van der Waals surface area contributed by atoms with E-state index in [4.69, 9.17) is 0 Å². The predicted molar refractivity (Wildman–Crippen MR) is 114 cm³/mol. The number of benzene rings is 1. The highest BCUT2D eigenvalue weighted by molar-refractivity contribution is 14.0. The predicted octanol–water partition coefficient (Wildman–Crippen LogP) is 1.77. The van der Waals surface area contributed by atoms with E-state index in [-0.39, 0.29) is 29.9 Å². The molecular weight excluding hydrogens is 429 g/mol. The number of halogens is 1. The van der Waals surface area contributed by atoms with Gasteiger partial charge in [-0.2, -0.15) is 0 Å². The van der Waals surface area contributed by atoms with Crippen LogP contribution in [0.5, 0.6) is 0 Å². The molecule has 1 amide bonds. The largest absolute Gasteiger partial charge is 0.355 e. The van der Waals surface area contributed by atoms with E-state index in [0.29, 0.717) is 18.2 Å². The molecule has 0 bridgehead atoms. The van der Waals surface area contributed by atoms with Crippen LogP contribution in [0.1, 0.15) is 28.8 Å². The minimum atomic E-state index is 0. The van der Waals surface area contributed by atoms with Crippen molar-refractivity contribution >= 4 is 35.8 Å². The Labute approximate surface area is 168 Å². The summed E-state index contributed by atoms with van der Waals surface area (Å²) in [6, 6.07) is 8.26. The van der Waals surface area contributed by atoms with Crippen molar-refractivity contribution in [3.8, 4) is 0 Å². The highest BCUT2D eigenvalue weighted by Crippen LogP contribution is 2.13. The van der Waals surface area contributed by atoms with E-state index in [9.17, 15) is 4.79 Å². The van der Waals surface area contributed by atoms with Crippen molar-refractivity contribution in [2.24, 2.45) is 4.99 Å². The van der Waals surface area contributed by atoms with Gasteiger partial charge in [0.05, 0.1) is 0 Å². The van der Waals surface area contributed by atoms with Crippen molar-refractivity contribution in [3.63, 3.8) is 0 Å². The van der Waals surface area contributed by atoms with Gasteiger partial charge in [0.15, 0.2) is 5.96 Å². The molecule has 1 heterocycles. The summed E-state index contributed by atoms with van der Waals surface area (Å²) in [5, 5.41) is 6.71. The molecule has 2 N–H and O–H groups in total. The first kappa shape index (κ1) is 21.7. The van der Waals surface area contributed by atoms with Crippen molar-refractivity contribution in [1.29, 1.82) is 0 Å². The topological polar surface area (TPSA) is 60.0 Å². The van der Waals surface area contributed by atoms with Crippen LogP contribution < -0.4 is 10.6 Å². The molecule has 1 saturated heterocycles. The molecule has 2 rings (SSSR count). The number of amides is 1. The second kappa shape index (κ2) is 10.6. The molecule has 6 nitrogen and oxygen atoms in total. The number of aliphatic imine (C=N–C) groups is 1. The highest BCUT2D eigenvalue weighted by Gasteiger charge is 2.20. The summed E-state index contributed by atoms with van der Waals surface area (Å²) < 4.78 is 0. The second-order valence-electron chi connectivity index (χ2n) is 6.48. The van der Waals surface area contributed by atoms with Crippen LogP contribution in [-0.2, 0) is 6.54 Å². The van der Waals surface area contributed by atoms with E-state index in [2.05, 4.69) is 27.6 Å². The lowest BCUT2D eigenvalue weighted by atomic mass is 10.1. The minimum Gasteiger partial charge on any atom is -0.355 e. The Bertz CT molecular complexity index is 573. The third-order valence-electron chi connectivity index (χ3n) is 4.47. The standard InChI is InChI=1S/C18H29N5O.HI/c1-19-18(21-13-16-6-5-11-23(16)4)20-12-14-7-9-15(10-8-14)17(24)22(2)3;/h7-10,16H,5-6,11-13H2,1-4H3,(H2,19,20,21);1H. The fraction of sp³-hybridized carbons (Fsp3) is 0.556. The average Bonchev–Trinajstić information content (AvgIpc) is 3.00. The Kier molecular flexibility index (Phi) is 9.20. The fourth-order valence-electron chi connectivity index (χ4n) is 2.88. The van der Waals surface area contributed by atoms with Gasteiger partial charge in [0.1, 0.15) is 0 Å². The highest BCUT2D eigenvalue weighted by atomic mass is 127. The zero-order valence-corrected chi connectivity index (χ0v) is 17.9. The first-order chi connectivity index (χ1) is 11.5. The van der Waals surface area contributed by atoms with Gasteiger partial charge < -0.3 is 20.4 Å². The summed E-state index contributed by atoms with van der Waals surface area (Å²) in [6.45, 7) is 2.76. The zero-order chi connectivity index (χ0) is 17.5. The quantitative estimate of drug-likeness (QED) is 0.401. The number of rotatable bonds is 5. The molecule has 0 radical (unpaired) electrons. The first-order valence-corrected chi connectivity index (χ1v) is 8.46. The maximum Gasteiger partial charge on any atom is 0.253 e. The Morgan fingerprint density at radius 2 is 1.96 bits per heavy atom. The lowest BCUT2D eigenvalue weighted by Crippen LogP contribution is -2.43. The number of guanidine groups is 1. The molecule has 0 saturated carbocycles. The summed E-state index contributed by atoms with van der Waals surface area (Å²) >= 11 is 0. The van der Waals surface area contributed by atoms with Crippen LogP contribution in [0.2, 0.25) is 0 Å². The molecule has 0 aromatic heterocycles. The molecule has 140 valence electrons. The summed E-state index contributed by atoms with van der Waals surface area (Å²) in [6.07, 6.45) is 2.51. The van der Waals surface area contributed by atoms with E-state index in [1.807, 2.05) is 24.3 Å². The normalized spacial score (nSPS) is 17.8. The molecular formula is C18H30IN5O.